The van der Waals surface area contributed by atoms with E-state index >= 15 is 0 Å². The fraction of sp³-hybridized carbons (Fsp3) is 0.400. The van der Waals surface area contributed by atoms with E-state index in [1.165, 1.54) is 0 Å². The van der Waals surface area contributed by atoms with Gasteiger partial charge in [-0.1, -0.05) is 0 Å². The fourth-order valence-electron chi connectivity index (χ4n) is 4.49. The molecule has 35 heavy (non-hydrogen) atoms. The van der Waals surface area contributed by atoms with Crippen LogP contribution in [0.4, 0.5) is 17.3 Å². The van der Waals surface area contributed by atoms with E-state index in [1.807, 2.05) is 29.0 Å². The van der Waals surface area contributed by atoms with E-state index in [4.69, 9.17) is 19.8 Å². The molecule has 10 nitrogen and oxygen atoms in total. The summed E-state index contributed by atoms with van der Waals surface area (Å²) in [5.74, 6) is 2.07. The maximum absolute atomic E-state index is 12.4. The molecule has 178 valence electrons. The molecule has 0 spiro atoms. The Bertz CT molecular complexity index is 1440. The fourth-order valence-corrected chi connectivity index (χ4v) is 4.49. The number of morpholine rings is 1. The number of amides is 1. The molecule has 1 saturated heterocycles. The lowest BCUT2D eigenvalue weighted by atomic mass is 10.1. The third kappa shape index (κ3) is 4.03. The van der Waals surface area contributed by atoms with Crippen molar-refractivity contribution in [1.29, 1.82) is 0 Å². The minimum absolute atomic E-state index is 0.0327. The summed E-state index contributed by atoms with van der Waals surface area (Å²) >= 11 is 0. The van der Waals surface area contributed by atoms with Crippen LogP contribution >= 0.6 is 0 Å². The van der Waals surface area contributed by atoms with Crippen LogP contribution in [0.5, 0.6) is 0 Å². The van der Waals surface area contributed by atoms with Gasteiger partial charge >= 0.3 is 0 Å². The van der Waals surface area contributed by atoms with Crippen molar-refractivity contribution in [1.82, 2.24) is 24.6 Å². The minimum Gasteiger partial charge on any atom is -0.378 e. The van der Waals surface area contributed by atoms with E-state index in [0.29, 0.717) is 17.7 Å². The number of carbonyl (C=O) groups excluding carboxylic acids is 1. The van der Waals surface area contributed by atoms with E-state index in [9.17, 15) is 4.79 Å². The van der Waals surface area contributed by atoms with Gasteiger partial charge in [-0.3, -0.25) is 4.79 Å². The van der Waals surface area contributed by atoms with Crippen molar-refractivity contribution in [2.75, 3.05) is 41.8 Å². The van der Waals surface area contributed by atoms with E-state index in [2.05, 4.69) is 26.6 Å². The second-order valence-corrected chi connectivity index (χ2v) is 9.54. The predicted octanol–water partition coefficient (Wildman–Crippen LogP) is 3.10. The Balaban J connectivity index is 1.29. The van der Waals surface area contributed by atoms with Crippen LogP contribution in [0.3, 0.4) is 0 Å². The number of carbonyl (C=O) groups is 1. The van der Waals surface area contributed by atoms with Crippen LogP contribution in [0, 0.1) is 5.92 Å². The van der Waals surface area contributed by atoms with Crippen molar-refractivity contribution in [3.8, 4) is 11.4 Å². The van der Waals surface area contributed by atoms with E-state index in [0.717, 1.165) is 85.5 Å². The highest BCUT2D eigenvalue weighted by Gasteiger charge is 2.30. The predicted molar refractivity (Wildman–Crippen MR) is 133 cm³/mol. The van der Waals surface area contributed by atoms with Crippen LogP contribution in [0.25, 0.3) is 27.8 Å². The first-order valence-electron chi connectivity index (χ1n) is 12.3. The average molecular weight is 471 g/mol. The highest BCUT2D eigenvalue weighted by atomic mass is 16.5. The molecule has 7 rings (SSSR count). The third-order valence-electron chi connectivity index (χ3n) is 6.82. The highest BCUT2D eigenvalue weighted by Crippen LogP contribution is 2.35. The van der Waals surface area contributed by atoms with Crippen LogP contribution in [-0.4, -0.2) is 62.8 Å². The number of rotatable bonds is 6. The Labute approximate surface area is 201 Å². The molecule has 10 heteroatoms. The Morgan fingerprint density at radius 3 is 2.69 bits per heavy atom. The molecule has 0 radical (unpaired) electrons. The van der Waals surface area contributed by atoms with Gasteiger partial charge in [0.25, 0.3) is 0 Å². The van der Waals surface area contributed by atoms with Crippen LogP contribution in [0.15, 0.2) is 36.8 Å². The molecular formula is C25H26N8O2. The van der Waals surface area contributed by atoms with Crippen molar-refractivity contribution in [3.63, 3.8) is 0 Å². The van der Waals surface area contributed by atoms with Gasteiger partial charge in [0.1, 0.15) is 11.6 Å². The van der Waals surface area contributed by atoms with Crippen molar-refractivity contribution in [2.24, 2.45) is 5.92 Å². The normalized spacial score (nSPS) is 18.2. The topological polar surface area (TPSA) is 110 Å². The zero-order valence-electron chi connectivity index (χ0n) is 19.3. The summed E-state index contributed by atoms with van der Waals surface area (Å²) in [5.41, 5.74) is 2.67. The maximum Gasteiger partial charge on any atom is 0.228 e. The molecule has 4 aromatic rings. The van der Waals surface area contributed by atoms with Gasteiger partial charge in [-0.2, -0.15) is 0 Å². The number of nitrogens with zero attached hydrogens (tertiary/aromatic N) is 6. The molecular weight excluding hydrogens is 444 g/mol. The molecule has 2 N–H and O–H groups in total. The Hall–Kier alpha value is -3.79. The number of nitrogens with one attached hydrogen (secondary N) is 2. The van der Waals surface area contributed by atoms with Crippen molar-refractivity contribution in [3.05, 3.63) is 36.8 Å². The first-order valence-corrected chi connectivity index (χ1v) is 12.3. The lowest BCUT2D eigenvalue weighted by molar-refractivity contribution is -0.117. The van der Waals surface area contributed by atoms with E-state index in [-0.39, 0.29) is 11.8 Å². The Kier molecular flexibility index (Phi) is 4.80. The lowest BCUT2D eigenvalue weighted by Crippen LogP contribution is -2.36. The zero-order valence-corrected chi connectivity index (χ0v) is 19.3. The van der Waals surface area contributed by atoms with E-state index < -0.39 is 0 Å². The monoisotopic (exact) mass is 470 g/mol. The number of ether oxygens (including phenoxy) is 1. The molecule has 1 amide bonds. The molecule has 0 unspecified atom stereocenters. The van der Waals surface area contributed by atoms with Crippen LogP contribution in [-0.2, 0) is 9.53 Å². The van der Waals surface area contributed by atoms with Crippen molar-refractivity contribution in [2.45, 2.75) is 31.7 Å². The number of pyridine rings is 3. The second-order valence-electron chi connectivity index (χ2n) is 9.54. The summed E-state index contributed by atoms with van der Waals surface area (Å²) < 4.78 is 7.30. The van der Waals surface area contributed by atoms with Crippen molar-refractivity contribution >= 4 is 39.6 Å². The lowest BCUT2D eigenvalue weighted by Gasteiger charge is -2.28. The number of aromatic nitrogens is 5. The van der Waals surface area contributed by atoms with Crippen molar-refractivity contribution < 1.29 is 9.53 Å². The number of hydrogen-bond acceptors (Lipinski definition) is 8. The van der Waals surface area contributed by atoms with Crippen LogP contribution < -0.4 is 15.5 Å². The molecule has 0 aromatic carbocycles. The standard InChI is InChI=1S/C25H26N8O2/c34-25(15-1-2-15)29-21-11-18-19(12-26-21)23(28-16-3-4-16)27-13-20(18)24-30-22-6-5-17(14-33(22)31-24)32-7-9-35-10-8-32/h5-6,11-16H,1-4,7-10H2,(H,27,28)(H,26,29,34). The van der Waals surface area contributed by atoms with Gasteiger partial charge < -0.3 is 20.3 Å². The van der Waals surface area contributed by atoms with E-state index in [1.54, 1.807) is 6.20 Å². The van der Waals surface area contributed by atoms with Gasteiger partial charge in [0.15, 0.2) is 11.5 Å². The first-order chi connectivity index (χ1) is 17.2. The molecule has 0 atom stereocenters. The molecule has 1 aliphatic heterocycles. The van der Waals surface area contributed by atoms with Gasteiger partial charge in [0, 0.05) is 53.8 Å². The average Bonchev–Trinajstić information content (AvgIpc) is 3.82. The molecule has 0 bridgehead atoms. The number of anilines is 3. The summed E-state index contributed by atoms with van der Waals surface area (Å²) in [4.78, 5) is 28.7. The summed E-state index contributed by atoms with van der Waals surface area (Å²) in [7, 11) is 0. The smallest absolute Gasteiger partial charge is 0.228 e. The minimum atomic E-state index is 0.0327. The highest BCUT2D eigenvalue weighted by molar-refractivity contribution is 6.03. The molecule has 5 heterocycles. The van der Waals surface area contributed by atoms with Gasteiger partial charge in [0.05, 0.1) is 25.1 Å². The quantitative estimate of drug-likeness (QED) is 0.442. The Morgan fingerprint density at radius 1 is 1.03 bits per heavy atom. The van der Waals surface area contributed by atoms with Gasteiger partial charge in [-0.15, -0.1) is 5.10 Å². The molecule has 2 aliphatic carbocycles. The van der Waals surface area contributed by atoms with Gasteiger partial charge in [0.2, 0.25) is 5.91 Å². The number of hydrogen-bond donors (Lipinski definition) is 2. The molecule has 4 aromatic heterocycles. The summed E-state index contributed by atoms with van der Waals surface area (Å²) in [6.45, 7) is 3.18. The van der Waals surface area contributed by atoms with Crippen LogP contribution in [0.1, 0.15) is 25.7 Å². The third-order valence-corrected chi connectivity index (χ3v) is 6.82. The van der Waals surface area contributed by atoms with Gasteiger partial charge in [-0.25, -0.2) is 19.5 Å². The molecule has 2 saturated carbocycles. The maximum atomic E-state index is 12.4. The first kappa shape index (κ1) is 20.6. The van der Waals surface area contributed by atoms with Gasteiger partial charge in [-0.05, 0) is 43.9 Å². The Morgan fingerprint density at radius 2 is 1.89 bits per heavy atom. The second kappa shape index (κ2) is 8.16. The molecule has 3 aliphatic rings. The number of fused-ring (bicyclic) bond motifs is 2. The summed E-state index contributed by atoms with van der Waals surface area (Å²) in [6, 6.07) is 6.43. The summed E-state index contributed by atoms with van der Waals surface area (Å²) in [6.07, 6.45) is 9.80. The zero-order chi connectivity index (χ0) is 23.4. The molecule has 3 fully saturated rings. The van der Waals surface area contributed by atoms with Crippen LogP contribution in [0.2, 0.25) is 0 Å². The SMILES string of the molecule is O=C(Nc1cc2c(-c3nc4ccc(N5CCOCC5)cn4n3)cnc(NC3CC3)c2cn1)C1CC1. The largest absolute Gasteiger partial charge is 0.378 e. The summed E-state index contributed by atoms with van der Waals surface area (Å²) in [5, 5.41) is 13.1.